The van der Waals surface area contributed by atoms with Gasteiger partial charge in [0.1, 0.15) is 5.60 Å². The molecule has 0 aromatic heterocycles. The van der Waals surface area contributed by atoms with Crippen molar-refractivity contribution in [3.8, 4) is 0 Å². The number of fused-ring (bicyclic) bond motifs is 1. The van der Waals surface area contributed by atoms with Crippen LogP contribution in [0.25, 0.3) is 0 Å². The summed E-state index contributed by atoms with van der Waals surface area (Å²) in [6.45, 7) is 9.02. The van der Waals surface area contributed by atoms with Gasteiger partial charge in [-0.05, 0) is 37.5 Å². The smallest absolute Gasteiger partial charge is 0.333 e. The summed E-state index contributed by atoms with van der Waals surface area (Å²) in [7, 11) is 1.39. The average Bonchev–Trinajstić information content (AvgIpc) is 2.79. The Morgan fingerprint density at radius 3 is 2.41 bits per heavy atom. The summed E-state index contributed by atoms with van der Waals surface area (Å²) < 4.78 is 10.8. The van der Waals surface area contributed by atoms with E-state index in [1.54, 1.807) is 17.4 Å². The van der Waals surface area contributed by atoms with E-state index in [1.807, 2.05) is 0 Å². The Balaban J connectivity index is 2.26. The molecule has 0 amide bonds. The van der Waals surface area contributed by atoms with Crippen LogP contribution in [0, 0.1) is 17.8 Å². The highest BCUT2D eigenvalue weighted by Crippen LogP contribution is 2.63. The van der Waals surface area contributed by atoms with Crippen molar-refractivity contribution in [3.05, 3.63) is 23.5 Å². The zero-order chi connectivity index (χ0) is 16.3. The van der Waals surface area contributed by atoms with E-state index in [1.165, 1.54) is 26.0 Å². The van der Waals surface area contributed by atoms with Crippen LogP contribution >= 0.6 is 0 Å². The van der Waals surface area contributed by atoms with Crippen LogP contribution in [0.1, 0.15) is 59.8 Å². The Morgan fingerprint density at radius 1 is 1.23 bits per heavy atom. The molecule has 0 aliphatic heterocycles. The minimum atomic E-state index is -0.359. The van der Waals surface area contributed by atoms with E-state index in [2.05, 4.69) is 32.4 Å². The third kappa shape index (κ3) is 2.59. The van der Waals surface area contributed by atoms with Crippen molar-refractivity contribution in [2.45, 2.75) is 65.4 Å². The van der Waals surface area contributed by atoms with Gasteiger partial charge < -0.3 is 9.47 Å². The summed E-state index contributed by atoms with van der Waals surface area (Å²) in [6, 6.07) is 0. The molecule has 3 heteroatoms. The van der Waals surface area contributed by atoms with Gasteiger partial charge in [-0.25, -0.2) is 4.79 Å². The van der Waals surface area contributed by atoms with Crippen molar-refractivity contribution in [1.82, 2.24) is 0 Å². The standard InChI is InChI=1S/C19H30O3/c1-6-13-12-19(9-4,22-11-10-16(20)21-5)18-15(8-3)14(7-2)17(13)18/h10-11,13,17-18H,6-9,12H2,1-5H3/b11-10+/t13-,17-,18+,19-/m1/s1. The molecule has 0 bridgehead atoms. The number of methoxy groups -OCH3 is 1. The number of carbonyl (C=O) groups is 1. The number of hydrogen-bond acceptors (Lipinski definition) is 3. The van der Waals surface area contributed by atoms with Gasteiger partial charge in [-0.1, -0.05) is 45.3 Å². The lowest BCUT2D eigenvalue weighted by Gasteiger charge is -2.46. The van der Waals surface area contributed by atoms with Gasteiger partial charge in [0.15, 0.2) is 0 Å². The fourth-order valence-electron chi connectivity index (χ4n) is 4.80. The van der Waals surface area contributed by atoms with E-state index < -0.39 is 0 Å². The molecule has 4 atom stereocenters. The molecule has 1 saturated carbocycles. The van der Waals surface area contributed by atoms with E-state index in [9.17, 15) is 4.79 Å². The first-order valence-corrected chi connectivity index (χ1v) is 8.72. The minimum Gasteiger partial charge on any atom is -0.494 e. The van der Waals surface area contributed by atoms with Crippen LogP contribution in [-0.4, -0.2) is 18.7 Å². The number of hydrogen-bond donors (Lipinski definition) is 0. The maximum absolute atomic E-state index is 11.3. The Hall–Kier alpha value is -1.25. The fraction of sp³-hybridized carbons (Fsp3) is 0.737. The topological polar surface area (TPSA) is 35.5 Å². The van der Waals surface area contributed by atoms with Crippen molar-refractivity contribution in [2.75, 3.05) is 7.11 Å². The van der Waals surface area contributed by atoms with Gasteiger partial charge in [0.25, 0.3) is 0 Å². The molecule has 1 fully saturated rings. The second kappa shape index (κ2) is 6.89. The molecular formula is C19H30O3. The maximum atomic E-state index is 11.3. The molecular weight excluding hydrogens is 276 g/mol. The largest absolute Gasteiger partial charge is 0.494 e. The average molecular weight is 306 g/mol. The van der Waals surface area contributed by atoms with E-state index in [0.717, 1.165) is 19.3 Å². The summed E-state index contributed by atoms with van der Waals surface area (Å²) in [5.41, 5.74) is 3.15. The number of ether oxygens (including phenoxy) is 2. The van der Waals surface area contributed by atoms with Crippen molar-refractivity contribution in [2.24, 2.45) is 17.8 Å². The molecule has 0 N–H and O–H groups in total. The lowest BCUT2D eigenvalue weighted by atomic mass is 9.61. The molecule has 124 valence electrons. The van der Waals surface area contributed by atoms with Crippen molar-refractivity contribution >= 4 is 5.97 Å². The fourth-order valence-corrected chi connectivity index (χ4v) is 4.80. The predicted octanol–water partition coefficient (Wildman–Crippen LogP) is 4.63. The number of rotatable bonds is 7. The molecule has 3 nitrogen and oxygen atoms in total. The molecule has 0 heterocycles. The van der Waals surface area contributed by atoms with Gasteiger partial charge in [-0.2, -0.15) is 0 Å². The first-order chi connectivity index (χ1) is 10.6. The second-order valence-corrected chi connectivity index (χ2v) is 6.50. The molecule has 2 aliphatic rings. The normalized spacial score (nSPS) is 33.8. The molecule has 0 saturated heterocycles. The highest BCUT2D eigenvalue weighted by molar-refractivity contribution is 5.81. The lowest BCUT2D eigenvalue weighted by molar-refractivity contribution is -0.135. The second-order valence-electron chi connectivity index (χ2n) is 6.50. The van der Waals surface area contributed by atoms with Gasteiger partial charge >= 0.3 is 5.97 Å². The third-order valence-corrected chi connectivity index (χ3v) is 5.82. The zero-order valence-corrected chi connectivity index (χ0v) is 14.6. The Kier molecular flexibility index (Phi) is 5.36. The summed E-state index contributed by atoms with van der Waals surface area (Å²) in [6.07, 6.45) is 8.51. The van der Waals surface area contributed by atoms with Gasteiger partial charge in [-0.15, -0.1) is 0 Å². The third-order valence-electron chi connectivity index (χ3n) is 5.82. The van der Waals surface area contributed by atoms with Crippen LogP contribution in [0.2, 0.25) is 0 Å². The summed E-state index contributed by atoms with van der Waals surface area (Å²) in [5.74, 6) is 1.57. The molecule has 22 heavy (non-hydrogen) atoms. The van der Waals surface area contributed by atoms with E-state index in [4.69, 9.17) is 4.74 Å². The highest BCUT2D eigenvalue weighted by Gasteiger charge is 2.60. The van der Waals surface area contributed by atoms with E-state index >= 15 is 0 Å². The quantitative estimate of drug-likeness (QED) is 0.298. The van der Waals surface area contributed by atoms with E-state index in [0.29, 0.717) is 17.8 Å². The highest BCUT2D eigenvalue weighted by atomic mass is 16.5. The van der Waals surface area contributed by atoms with Crippen LogP contribution in [0.5, 0.6) is 0 Å². The molecule has 0 spiro atoms. The van der Waals surface area contributed by atoms with Crippen molar-refractivity contribution in [3.63, 3.8) is 0 Å². The zero-order valence-electron chi connectivity index (χ0n) is 14.6. The molecule has 0 radical (unpaired) electrons. The van der Waals surface area contributed by atoms with Gasteiger partial charge in [0.2, 0.25) is 0 Å². The minimum absolute atomic E-state index is 0.139. The SMILES string of the molecule is CCC1=C(CC)[C@H]2[C@@H]1[C@H](CC)C[C@@]2(CC)O/C=C/C(=O)OC. The number of esters is 1. The summed E-state index contributed by atoms with van der Waals surface area (Å²) in [5, 5.41) is 0. The summed E-state index contributed by atoms with van der Waals surface area (Å²) in [4.78, 5) is 11.3. The Labute approximate surface area is 134 Å². The van der Waals surface area contributed by atoms with Crippen LogP contribution in [-0.2, 0) is 14.3 Å². The van der Waals surface area contributed by atoms with Crippen molar-refractivity contribution in [1.29, 1.82) is 0 Å². The maximum Gasteiger partial charge on any atom is 0.333 e. The van der Waals surface area contributed by atoms with Crippen molar-refractivity contribution < 1.29 is 14.3 Å². The first kappa shape index (κ1) is 17.1. The number of allylic oxidation sites excluding steroid dienone is 1. The molecule has 0 aromatic carbocycles. The molecule has 2 aliphatic carbocycles. The van der Waals surface area contributed by atoms with Gasteiger partial charge in [0.05, 0.1) is 19.4 Å². The van der Waals surface area contributed by atoms with Crippen LogP contribution in [0.15, 0.2) is 23.5 Å². The number of carbonyl (C=O) groups excluding carboxylic acids is 1. The predicted molar refractivity (Wildman–Crippen MR) is 88.2 cm³/mol. The monoisotopic (exact) mass is 306 g/mol. The molecule has 0 aromatic rings. The Morgan fingerprint density at radius 2 is 1.91 bits per heavy atom. The lowest BCUT2D eigenvalue weighted by Crippen LogP contribution is -2.43. The molecule has 2 rings (SSSR count). The molecule has 0 unspecified atom stereocenters. The van der Waals surface area contributed by atoms with E-state index in [-0.39, 0.29) is 11.6 Å². The van der Waals surface area contributed by atoms with Crippen LogP contribution in [0.3, 0.4) is 0 Å². The Bertz CT molecular complexity index is 477. The summed E-state index contributed by atoms with van der Waals surface area (Å²) >= 11 is 0. The van der Waals surface area contributed by atoms with Gasteiger partial charge in [0, 0.05) is 5.92 Å². The van der Waals surface area contributed by atoms with Crippen LogP contribution < -0.4 is 0 Å². The first-order valence-electron chi connectivity index (χ1n) is 8.72. The van der Waals surface area contributed by atoms with Crippen LogP contribution in [0.4, 0.5) is 0 Å². The van der Waals surface area contributed by atoms with Gasteiger partial charge in [-0.3, -0.25) is 0 Å².